The van der Waals surface area contributed by atoms with Gasteiger partial charge in [-0.3, -0.25) is 14.4 Å². The smallest absolute Gasteiger partial charge is 0.310 e. The Hall–Kier alpha value is -1.27. The second-order valence-electron chi connectivity index (χ2n) is 10.9. The molecule has 0 amide bonds. The summed E-state index contributed by atoms with van der Waals surface area (Å²) in [4.78, 5) is 38.6. The number of fused-ring (bicyclic) bond motifs is 5. The van der Waals surface area contributed by atoms with Crippen molar-refractivity contribution in [3.05, 3.63) is 0 Å². The summed E-state index contributed by atoms with van der Waals surface area (Å²) >= 11 is 0. The highest BCUT2D eigenvalue weighted by Gasteiger charge is 2.65. The van der Waals surface area contributed by atoms with Crippen LogP contribution in [0.15, 0.2) is 0 Å². The van der Waals surface area contributed by atoms with Crippen LogP contribution in [0.25, 0.3) is 0 Å². The molecular weight excluding hydrogens is 382 g/mol. The van der Waals surface area contributed by atoms with E-state index in [2.05, 4.69) is 13.8 Å². The molecule has 0 bridgehead atoms. The Labute approximate surface area is 179 Å². The van der Waals surface area contributed by atoms with Crippen LogP contribution in [0.2, 0.25) is 0 Å². The number of rotatable bonds is 4. The minimum atomic E-state index is -0.428. The Morgan fingerprint density at radius 2 is 1.90 bits per heavy atom. The third-order valence-electron chi connectivity index (χ3n) is 9.61. The van der Waals surface area contributed by atoms with Crippen LogP contribution in [0.1, 0.15) is 65.7 Å². The Kier molecular flexibility index (Phi) is 5.63. The van der Waals surface area contributed by atoms with Crippen molar-refractivity contribution < 1.29 is 24.2 Å². The largest absolute Gasteiger partial charge is 0.462 e. The van der Waals surface area contributed by atoms with Gasteiger partial charge in [0.05, 0.1) is 12.5 Å². The van der Waals surface area contributed by atoms with Crippen LogP contribution in [0, 0.1) is 46.3 Å². The first-order chi connectivity index (χ1) is 14.2. The predicted molar refractivity (Wildman–Crippen MR) is 111 cm³/mol. The lowest BCUT2D eigenvalue weighted by Gasteiger charge is -2.61. The van der Waals surface area contributed by atoms with E-state index in [0.717, 1.165) is 32.1 Å². The van der Waals surface area contributed by atoms with Gasteiger partial charge in [0.25, 0.3) is 0 Å². The van der Waals surface area contributed by atoms with Crippen LogP contribution in [0.5, 0.6) is 0 Å². The molecule has 2 unspecified atom stereocenters. The van der Waals surface area contributed by atoms with Crippen LogP contribution < -0.4 is 5.73 Å². The van der Waals surface area contributed by atoms with E-state index in [1.807, 2.05) is 0 Å². The van der Waals surface area contributed by atoms with Crippen molar-refractivity contribution in [2.75, 3.05) is 13.2 Å². The topological polar surface area (TPSA) is 107 Å². The average Bonchev–Trinajstić information content (AvgIpc) is 3.03. The molecule has 0 aromatic rings. The van der Waals surface area contributed by atoms with Crippen molar-refractivity contribution >= 4 is 17.5 Å². The van der Waals surface area contributed by atoms with Gasteiger partial charge in [-0.05, 0) is 61.7 Å². The maximum atomic E-state index is 13.7. The fourth-order valence-corrected chi connectivity index (χ4v) is 7.61. The van der Waals surface area contributed by atoms with Gasteiger partial charge in [0, 0.05) is 30.2 Å². The number of carbonyl (C=O) groups is 3. The summed E-state index contributed by atoms with van der Waals surface area (Å²) in [6, 6.07) is 0. The van der Waals surface area contributed by atoms with E-state index < -0.39 is 5.92 Å². The first-order valence-electron chi connectivity index (χ1n) is 11.8. The normalized spacial score (nSPS) is 46.6. The average molecular weight is 420 g/mol. The Morgan fingerprint density at radius 3 is 2.57 bits per heavy atom. The van der Waals surface area contributed by atoms with Crippen LogP contribution >= 0.6 is 0 Å². The van der Waals surface area contributed by atoms with Gasteiger partial charge in [-0.15, -0.1) is 0 Å². The summed E-state index contributed by atoms with van der Waals surface area (Å²) in [6.07, 6.45) is 5.22. The number of hydrogen-bond acceptors (Lipinski definition) is 6. The first-order valence-corrected chi connectivity index (χ1v) is 11.8. The van der Waals surface area contributed by atoms with E-state index in [4.69, 9.17) is 10.5 Å². The van der Waals surface area contributed by atoms with E-state index >= 15 is 0 Å². The number of Topliss-reactive ketones (excluding diaryl/α,β-unsaturated/α-hetero) is 2. The zero-order valence-corrected chi connectivity index (χ0v) is 18.6. The van der Waals surface area contributed by atoms with Crippen LogP contribution in [-0.4, -0.2) is 41.9 Å². The van der Waals surface area contributed by atoms with Crippen molar-refractivity contribution in [2.45, 2.75) is 71.8 Å². The summed E-state index contributed by atoms with van der Waals surface area (Å²) in [5.41, 5.74) is 5.16. The minimum Gasteiger partial charge on any atom is -0.462 e. The monoisotopic (exact) mass is 419 g/mol. The number of ether oxygens (including phenoxy) is 1. The molecule has 6 nitrogen and oxygen atoms in total. The molecule has 4 saturated carbocycles. The highest BCUT2D eigenvalue weighted by atomic mass is 16.5. The fourth-order valence-electron chi connectivity index (χ4n) is 7.61. The number of hydrogen-bond donors (Lipinski definition) is 2. The Bertz CT molecular complexity index is 737. The second-order valence-corrected chi connectivity index (χ2v) is 10.9. The summed E-state index contributed by atoms with van der Waals surface area (Å²) in [5.74, 6) is -0.311. The zero-order valence-electron chi connectivity index (χ0n) is 18.6. The molecule has 0 aromatic heterocycles. The predicted octanol–water partition coefficient (Wildman–Crippen LogP) is 2.50. The fraction of sp³-hybridized carbons (Fsp3) is 0.875. The Morgan fingerprint density at radius 1 is 1.17 bits per heavy atom. The van der Waals surface area contributed by atoms with Gasteiger partial charge in [0.1, 0.15) is 17.7 Å². The van der Waals surface area contributed by atoms with E-state index in [9.17, 15) is 19.5 Å². The van der Waals surface area contributed by atoms with Gasteiger partial charge in [-0.25, -0.2) is 0 Å². The molecule has 168 valence electrons. The summed E-state index contributed by atoms with van der Waals surface area (Å²) in [6.45, 7) is 6.20. The van der Waals surface area contributed by atoms with E-state index in [-0.39, 0.29) is 71.4 Å². The number of nitrogens with two attached hydrogens (primary N) is 1. The lowest BCUT2D eigenvalue weighted by molar-refractivity contribution is -0.180. The van der Waals surface area contributed by atoms with Gasteiger partial charge in [-0.2, -0.15) is 0 Å². The summed E-state index contributed by atoms with van der Waals surface area (Å²) in [7, 11) is 0. The van der Waals surface area contributed by atoms with Crippen LogP contribution in [0.3, 0.4) is 0 Å². The molecule has 3 N–H and O–H groups in total. The Balaban J connectivity index is 1.60. The molecule has 4 aliphatic rings. The third-order valence-corrected chi connectivity index (χ3v) is 9.61. The third kappa shape index (κ3) is 3.09. The van der Waals surface area contributed by atoms with Gasteiger partial charge in [0.15, 0.2) is 0 Å². The van der Waals surface area contributed by atoms with Crippen molar-refractivity contribution in [3.8, 4) is 0 Å². The van der Waals surface area contributed by atoms with Crippen molar-refractivity contribution in [1.82, 2.24) is 0 Å². The maximum Gasteiger partial charge on any atom is 0.310 e. The molecule has 0 spiro atoms. The summed E-state index contributed by atoms with van der Waals surface area (Å²) in [5, 5.41) is 10.2. The lowest BCUT2D eigenvalue weighted by atomic mass is 9.42. The molecule has 4 rings (SSSR count). The first kappa shape index (κ1) is 21.9. The molecule has 30 heavy (non-hydrogen) atoms. The summed E-state index contributed by atoms with van der Waals surface area (Å²) < 4.78 is 5.75. The van der Waals surface area contributed by atoms with E-state index in [0.29, 0.717) is 18.6 Å². The lowest BCUT2D eigenvalue weighted by Crippen LogP contribution is -2.61. The van der Waals surface area contributed by atoms with Crippen molar-refractivity contribution in [3.63, 3.8) is 0 Å². The quantitative estimate of drug-likeness (QED) is 0.678. The molecule has 0 heterocycles. The molecule has 0 aromatic carbocycles. The van der Waals surface area contributed by atoms with Crippen molar-refractivity contribution in [2.24, 2.45) is 52.1 Å². The number of carbonyl (C=O) groups excluding carboxylic acids is 3. The van der Waals surface area contributed by atoms with Gasteiger partial charge in [-0.1, -0.05) is 20.8 Å². The number of aliphatic hydroxyl groups excluding tert-OH is 1. The number of aliphatic hydroxyl groups is 1. The highest BCUT2D eigenvalue weighted by molar-refractivity contribution is 5.91. The molecule has 9 atom stereocenters. The molecule has 0 saturated heterocycles. The molecule has 4 fully saturated rings. The van der Waals surface area contributed by atoms with Gasteiger partial charge >= 0.3 is 5.97 Å². The molecule has 0 radical (unpaired) electrons. The maximum absolute atomic E-state index is 13.7. The number of ketones is 2. The molecular formula is C24H37NO5. The minimum absolute atomic E-state index is 0.0115. The van der Waals surface area contributed by atoms with Gasteiger partial charge in [0.2, 0.25) is 0 Å². The van der Waals surface area contributed by atoms with E-state index in [1.165, 1.54) is 0 Å². The molecule has 6 heteroatoms. The van der Waals surface area contributed by atoms with Crippen molar-refractivity contribution in [1.29, 1.82) is 0 Å². The van der Waals surface area contributed by atoms with Crippen LogP contribution in [0.4, 0.5) is 0 Å². The van der Waals surface area contributed by atoms with Crippen LogP contribution in [-0.2, 0) is 19.1 Å². The van der Waals surface area contributed by atoms with E-state index in [1.54, 1.807) is 6.92 Å². The standard InChI is InChI=1S/C24H37NO5/c1-13(11-25)22(29)30-14-6-8-23(2)17-7-9-24(3)16(4-5-19(24)27)20(17)21(28)15(12-26)18(23)10-14/h13-18,20,26H,4-12,25H2,1-3H3/t13?,14-,15+,16-,17-,18?,20-,23+,24-/m0/s1. The second kappa shape index (κ2) is 7.70. The highest BCUT2D eigenvalue weighted by Crippen LogP contribution is 2.65. The molecule has 4 aliphatic carbocycles. The van der Waals surface area contributed by atoms with Gasteiger partial charge < -0.3 is 15.6 Å². The zero-order chi connectivity index (χ0) is 21.8. The SMILES string of the molecule is CC(CN)C(=O)O[C@H]1CC[C@@]2(C)C(C1)[C@@H](CO)C(=O)[C@@H]1[C@@H]2CC[C@]2(C)C(=O)CC[C@@H]12. The molecule has 0 aliphatic heterocycles. The number of esters is 1.